The molecule has 5 aromatic rings. The van der Waals surface area contributed by atoms with Crippen LogP contribution in [0.5, 0.6) is 17.2 Å². The molecule has 0 saturated heterocycles. The average Bonchev–Trinajstić information content (AvgIpc) is 3.78. The fourth-order valence-corrected chi connectivity index (χ4v) is 6.37. The van der Waals surface area contributed by atoms with Crippen LogP contribution in [0.3, 0.4) is 0 Å². The Bertz CT molecular complexity index is 1990. The zero-order valence-electron chi connectivity index (χ0n) is 27.0. The number of rotatable bonds is 12. The maximum Gasteiger partial charge on any atom is 0.253 e. The van der Waals surface area contributed by atoms with Gasteiger partial charge in [0.05, 0.1) is 45.4 Å². The highest BCUT2D eigenvalue weighted by molar-refractivity contribution is 7.99. The molecule has 1 N–H and O–H groups in total. The molecule has 0 radical (unpaired) electrons. The van der Waals surface area contributed by atoms with E-state index in [-0.39, 0.29) is 23.8 Å². The van der Waals surface area contributed by atoms with Crippen molar-refractivity contribution in [1.82, 2.24) is 25.1 Å². The lowest BCUT2D eigenvalue weighted by Crippen LogP contribution is -2.29. The van der Waals surface area contributed by atoms with Crippen molar-refractivity contribution in [2.45, 2.75) is 24.2 Å². The molecular weight excluding hydrogens is 647 g/mol. The Morgan fingerprint density at radius 1 is 0.898 bits per heavy atom. The van der Waals surface area contributed by atoms with E-state index in [0.717, 1.165) is 22.5 Å². The number of nitrogens with one attached hydrogen (secondary N) is 1. The number of carbonyl (C=O) groups excluding carboxylic acids is 2. The standard InChI is InChI=1S/C36H33FN6O5S/c1-46-27-17-15-23(16-18-27)29-20-30(28-13-8-14-31(47-2)34(28)48-3)43(41-29)33(44)22-49-36-40-39-32(42(36)26-11-5-4-6-12-26)21-38-35(45)24-9-7-10-25(37)19-24/h4-19,30H,20-22H2,1-3H3,(H,38,45). The second-order valence-corrected chi connectivity index (χ2v) is 11.8. The van der Waals surface area contributed by atoms with Gasteiger partial charge in [0.15, 0.2) is 22.5 Å². The molecule has 13 heteroatoms. The highest BCUT2D eigenvalue weighted by Crippen LogP contribution is 2.42. The molecular formula is C36H33FN6O5S. The summed E-state index contributed by atoms with van der Waals surface area (Å²) in [6, 6.07) is 27.5. The van der Waals surface area contributed by atoms with Gasteiger partial charge in [-0.05, 0) is 66.2 Å². The van der Waals surface area contributed by atoms with Gasteiger partial charge in [-0.2, -0.15) is 5.10 Å². The number of halogens is 1. The van der Waals surface area contributed by atoms with Crippen LogP contribution in [0.2, 0.25) is 0 Å². The van der Waals surface area contributed by atoms with Crippen LogP contribution in [-0.2, 0) is 11.3 Å². The Balaban J connectivity index is 1.27. The quantitative estimate of drug-likeness (QED) is 0.164. The molecule has 1 aliphatic heterocycles. The Morgan fingerprint density at radius 2 is 1.67 bits per heavy atom. The summed E-state index contributed by atoms with van der Waals surface area (Å²) in [4.78, 5) is 26.8. The number of methoxy groups -OCH3 is 3. The Labute approximate surface area is 286 Å². The van der Waals surface area contributed by atoms with Crippen molar-refractivity contribution < 1.29 is 28.2 Å². The van der Waals surface area contributed by atoms with Crippen LogP contribution in [0, 0.1) is 5.82 Å². The molecule has 2 heterocycles. The third kappa shape index (κ3) is 7.26. The van der Waals surface area contributed by atoms with Gasteiger partial charge < -0.3 is 19.5 Å². The maximum atomic E-state index is 14.0. The molecule has 1 aromatic heterocycles. The molecule has 1 aliphatic rings. The van der Waals surface area contributed by atoms with Gasteiger partial charge in [0.1, 0.15) is 11.6 Å². The molecule has 4 aromatic carbocycles. The molecule has 1 atom stereocenters. The number of ether oxygens (including phenoxy) is 3. The highest BCUT2D eigenvalue weighted by atomic mass is 32.2. The summed E-state index contributed by atoms with van der Waals surface area (Å²) in [5, 5.41) is 18.2. The fraction of sp³-hybridized carbons (Fsp3) is 0.194. The van der Waals surface area contributed by atoms with Crippen LogP contribution in [0.1, 0.15) is 39.8 Å². The number of hydrogen-bond acceptors (Lipinski definition) is 9. The van der Waals surface area contributed by atoms with Crippen LogP contribution in [0.4, 0.5) is 4.39 Å². The molecule has 2 amide bonds. The summed E-state index contributed by atoms with van der Waals surface area (Å²) < 4.78 is 32.1. The second-order valence-electron chi connectivity index (χ2n) is 10.9. The third-order valence-electron chi connectivity index (χ3n) is 7.91. The van der Waals surface area contributed by atoms with Gasteiger partial charge in [0.25, 0.3) is 11.8 Å². The van der Waals surface area contributed by atoms with Gasteiger partial charge in [0, 0.05) is 23.2 Å². The molecule has 1 unspecified atom stereocenters. The first kappa shape index (κ1) is 33.2. The van der Waals surface area contributed by atoms with Crippen molar-refractivity contribution in [1.29, 1.82) is 0 Å². The minimum atomic E-state index is -0.506. The smallest absolute Gasteiger partial charge is 0.253 e. The van der Waals surface area contributed by atoms with Crippen molar-refractivity contribution in [2.24, 2.45) is 5.10 Å². The van der Waals surface area contributed by atoms with Gasteiger partial charge in [-0.25, -0.2) is 9.40 Å². The van der Waals surface area contributed by atoms with Gasteiger partial charge >= 0.3 is 0 Å². The number of amides is 2. The van der Waals surface area contributed by atoms with Gasteiger partial charge in [0.2, 0.25) is 0 Å². The van der Waals surface area contributed by atoms with E-state index in [1.807, 2.05) is 66.7 Å². The van der Waals surface area contributed by atoms with Crippen molar-refractivity contribution in [3.63, 3.8) is 0 Å². The van der Waals surface area contributed by atoms with E-state index in [9.17, 15) is 14.0 Å². The predicted octanol–water partition coefficient (Wildman–Crippen LogP) is 5.83. The number of thioether (sulfide) groups is 1. The van der Waals surface area contributed by atoms with Crippen LogP contribution in [-0.4, -0.2) is 64.4 Å². The van der Waals surface area contributed by atoms with E-state index < -0.39 is 17.8 Å². The average molecular weight is 681 g/mol. The molecule has 0 saturated carbocycles. The van der Waals surface area contributed by atoms with Crippen molar-refractivity contribution in [2.75, 3.05) is 27.1 Å². The predicted molar refractivity (Wildman–Crippen MR) is 183 cm³/mol. The van der Waals surface area contributed by atoms with E-state index in [2.05, 4.69) is 15.5 Å². The normalized spacial score (nSPS) is 13.9. The van der Waals surface area contributed by atoms with Gasteiger partial charge in [-0.3, -0.25) is 14.2 Å². The van der Waals surface area contributed by atoms with E-state index in [1.165, 1.54) is 41.0 Å². The lowest BCUT2D eigenvalue weighted by atomic mass is 9.97. The highest BCUT2D eigenvalue weighted by Gasteiger charge is 2.36. The van der Waals surface area contributed by atoms with E-state index >= 15 is 0 Å². The number of hydrogen-bond donors (Lipinski definition) is 1. The third-order valence-corrected chi connectivity index (χ3v) is 8.83. The van der Waals surface area contributed by atoms with Crippen LogP contribution in [0.25, 0.3) is 5.69 Å². The van der Waals surface area contributed by atoms with Crippen molar-refractivity contribution >= 4 is 29.3 Å². The first-order valence-electron chi connectivity index (χ1n) is 15.3. The molecule has 49 heavy (non-hydrogen) atoms. The monoisotopic (exact) mass is 680 g/mol. The van der Waals surface area contributed by atoms with Gasteiger partial charge in [-0.15, -0.1) is 10.2 Å². The SMILES string of the molecule is COc1ccc(C2=NN(C(=O)CSc3nnc(CNC(=O)c4cccc(F)c4)n3-c3ccccc3)C(c3cccc(OC)c3OC)C2)cc1. The number of para-hydroxylation sites is 2. The summed E-state index contributed by atoms with van der Waals surface area (Å²) >= 11 is 1.20. The molecule has 250 valence electrons. The summed E-state index contributed by atoms with van der Waals surface area (Å²) in [5.74, 6) is 1.00. The Morgan fingerprint density at radius 3 is 2.39 bits per heavy atom. The summed E-state index contributed by atoms with van der Waals surface area (Å²) in [5.41, 5.74) is 3.30. The van der Waals surface area contributed by atoms with E-state index in [1.54, 1.807) is 32.0 Å². The molecule has 0 aliphatic carbocycles. The van der Waals surface area contributed by atoms with Crippen LogP contribution < -0.4 is 19.5 Å². The lowest BCUT2D eigenvalue weighted by molar-refractivity contribution is -0.130. The molecule has 11 nitrogen and oxygen atoms in total. The first-order chi connectivity index (χ1) is 23.9. The number of hydrazone groups is 1. The van der Waals surface area contributed by atoms with Crippen molar-refractivity contribution in [3.8, 4) is 22.9 Å². The van der Waals surface area contributed by atoms with Crippen molar-refractivity contribution in [3.05, 3.63) is 125 Å². The summed E-state index contributed by atoms with van der Waals surface area (Å²) in [6.07, 6.45) is 0.446. The minimum absolute atomic E-state index is 0.0111. The maximum absolute atomic E-state index is 14.0. The second kappa shape index (κ2) is 15.0. The number of aromatic nitrogens is 3. The minimum Gasteiger partial charge on any atom is -0.497 e. The zero-order valence-corrected chi connectivity index (χ0v) is 27.8. The first-order valence-corrected chi connectivity index (χ1v) is 16.3. The number of nitrogens with zero attached hydrogens (tertiary/aromatic N) is 5. The molecule has 6 rings (SSSR count). The van der Waals surface area contributed by atoms with E-state index in [0.29, 0.717) is 34.7 Å². The van der Waals surface area contributed by atoms with E-state index in [4.69, 9.17) is 19.3 Å². The Hall–Kier alpha value is -5.69. The molecule has 0 bridgehead atoms. The number of carbonyl (C=O) groups is 2. The molecule has 0 fully saturated rings. The van der Waals surface area contributed by atoms with Crippen LogP contribution >= 0.6 is 11.8 Å². The fourth-order valence-electron chi connectivity index (χ4n) is 5.54. The van der Waals surface area contributed by atoms with Gasteiger partial charge in [-0.1, -0.05) is 48.2 Å². The zero-order chi connectivity index (χ0) is 34.3. The van der Waals surface area contributed by atoms with Crippen LogP contribution in [0.15, 0.2) is 107 Å². The Kier molecular flexibility index (Phi) is 10.2. The summed E-state index contributed by atoms with van der Waals surface area (Å²) in [6.45, 7) is 0.0189. The number of benzene rings is 4. The lowest BCUT2D eigenvalue weighted by Gasteiger charge is -2.24. The summed E-state index contributed by atoms with van der Waals surface area (Å²) in [7, 11) is 4.74. The topological polar surface area (TPSA) is 120 Å². The molecule has 0 spiro atoms. The largest absolute Gasteiger partial charge is 0.497 e.